The molecule has 1 aromatic heterocycles. The maximum absolute atomic E-state index is 13.3. The van der Waals surface area contributed by atoms with Crippen LogP contribution in [0.2, 0.25) is 0 Å². The summed E-state index contributed by atoms with van der Waals surface area (Å²) >= 11 is 1.47. The number of amides is 1. The zero-order valence-electron chi connectivity index (χ0n) is 15.6. The molecule has 2 fully saturated rings. The Balaban J connectivity index is 1.72. The fourth-order valence-corrected chi connectivity index (χ4v) is 6.66. The Morgan fingerprint density at radius 3 is 2.58 bits per heavy atom. The summed E-state index contributed by atoms with van der Waals surface area (Å²) in [5.74, 6) is -0.315. The van der Waals surface area contributed by atoms with Crippen LogP contribution in [-0.2, 0) is 27.2 Å². The molecule has 1 heterocycles. The van der Waals surface area contributed by atoms with Crippen molar-refractivity contribution in [3.63, 3.8) is 0 Å². The van der Waals surface area contributed by atoms with Gasteiger partial charge in [-0.25, -0.2) is 4.79 Å². The highest BCUT2D eigenvalue weighted by Gasteiger charge is 2.68. The smallest absolute Gasteiger partial charge is 0.341 e. The number of hydrogen-bond donors (Lipinski definition) is 1. The molecule has 0 aliphatic heterocycles. The molecule has 5 nitrogen and oxygen atoms in total. The van der Waals surface area contributed by atoms with Crippen LogP contribution in [0, 0.1) is 16.7 Å². The van der Waals surface area contributed by atoms with Gasteiger partial charge in [0.25, 0.3) is 0 Å². The first-order chi connectivity index (χ1) is 12.3. The van der Waals surface area contributed by atoms with E-state index in [1.165, 1.54) is 18.4 Å². The van der Waals surface area contributed by atoms with Crippen molar-refractivity contribution < 1.29 is 19.1 Å². The molecule has 1 amide bonds. The lowest BCUT2D eigenvalue weighted by Gasteiger charge is -2.34. The lowest BCUT2D eigenvalue weighted by atomic mass is 9.68. The molecule has 26 heavy (non-hydrogen) atoms. The number of hydrogen-bond acceptors (Lipinski definition) is 5. The third-order valence-corrected chi connectivity index (χ3v) is 8.28. The summed E-state index contributed by atoms with van der Waals surface area (Å²) in [6.07, 6.45) is 5.91. The van der Waals surface area contributed by atoms with E-state index in [0.717, 1.165) is 42.5 Å². The molecule has 3 aliphatic rings. The highest BCUT2D eigenvalue weighted by atomic mass is 32.1. The van der Waals surface area contributed by atoms with Crippen molar-refractivity contribution >= 4 is 34.0 Å². The summed E-state index contributed by atoms with van der Waals surface area (Å²) in [7, 11) is 1.37. The van der Waals surface area contributed by atoms with Crippen molar-refractivity contribution in [2.45, 2.75) is 58.8 Å². The second-order valence-corrected chi connectivity index (χ2v) is 9.46. The van der Waals surface area contributed by atoms with E-state index in [9.17, 15) is 14.4 Å². The van der Waals surface area contributed by atoms with Gasteiger partial charge in [0, 0.05) is 11.3 Å². The molecule has 0 radical (unpaired) electrons. The predicted octanol–water partition coefficient (Wildman–Crippen LogP) is 3.75. The number of carbonyl (C=O) groups is 3. The second kappa shape index (κ2) is 5.91. The quantitative estimate of drug-likeness (QED) is 0.645. The summed E-state index contributed by atoms with van der Waals surface area (Å²) in [6, 6.07) is 0. The van der Waals surface area contributed by atoms with Gasteiger partial charge in [-0.2, -0.15) is 0 Å². The van der Waals surface area contributed by atoms with Crippen LogP contribution >= 0.6 is 11.3 Å². The Bertz CT molecular complexity index is 809. The second-order valence-electron chi connectivity index (χ2n) is 8.35. The first-order valence-corrected chi connectivity index (χ1v) is 10.2. The Hall–Kier alpha value is -1.69. The number of aryl methyl sites for hydroxylation is 1. The van der Waals surface area contributed by atoms with Crippen molar-refractivity contribution in [1.29, 1.82) is 0 Å². The van der Waals surface area contributed by atoms with Crippen molar-refractivity contribution in [2.24, 2.45) is 16.7 Å². The molecule has 2 saturated carbocycles. The number of nitrogens with one attached hydrogen (secondary N) is 1. The van der Waals surface area contributed by atoms with Gasteiger partial charge >= 0.3 is 5.97 Å². The van der Waals surface area contributed by atoms with Crippen LogP contribution in [0.5, 0.6) is 0 Å². The predicted molar refractivity (Wildman–Crippen MR) is 99.5 cm³/mol. The molecular weight excluding hydrogens is 350 g/mol. The van der Waals surface area contributed by atoms with Gasteiger partial charge in [0.05, 0.1) is 12.7 Å². The van der Waals surface area contributed by atoms with E-state index in [1.54, 1.807) is 0 Å². The summed E-state index contributed by atoms with van der Waals surface area (Å²) < 4.78 is 4.98. The number of carbonyl (C=O) groups excluding carboxylic acids is 3. The number of Topliss-reactive ketones (excluding diaryl/α,β-unsaturated/α-hetero) is 1. The van der Waals surface area contributed by atoms with Crippen LogP contribution < -0.4 is 5.32 Å². The molecule has 0 spiro atoms. The molecule has 6 heteroatoms. The van der Waals surface area contributed by atoms with E-state index in [0.29, 0.717) is 23.4 Å². The molecule has 0 aromatic carbocycles. The highest BCUT2D eigenvalue weighted by molar-refractivity contribution is 7.17. The van der Waals surface area contributed by atoms with Crippen LogP contribution in [0.15, 0.2) is 0 Å². The van der Waals surface area contributed by atoms with E-state index >= 15 is 0 Å². The van der Waals surface area contributed by atoms with Crippen molar-refractivity contribution in [2.75, 3.05) is 12.4 Å². The number of ether oxygens (including phenoxy) is 1. The summed E-state index contributed by atoms with van der Waals surface area (Å²) in [4.78, 5) is 39.6. The molecule has 140 valence electrons. The molecule has 1 N–H and O–H groups in total. The van der Waals surface area contributed by atoms with E-state index in [1.807, 2.05) is 13.8 Å². The molecule has 4 rings (SSSR count). The van der Waals surface area contributed by atoms with E-state index in [4.69, 9.17) is 4.74 Å². The van der Waals surface area contributed by atoms with Crippen LogP contribution in [-0.4, -0.2) is 24.8 Å². The van der Waals surface area contributed by atoms with Gasteiger partial charge in [0.15, 0.2) is 0 Å². The topological polar surface area (TPSA) is 72.5 Å². The standard InChI is InChI=1S/C20H25NO4S/c1-19(2)11-8-9-20(19,14(22)10-11)18(24)21-16-15(17(23)25-3)12-6-4-5-7-13(12)26-16/h11H,4-10H2,1-3H3,(H,21,24). The van der Waals surface area contributed by atoms with Gasteiger partial charge in [-0.05, 0) is 55.4 Å². The van der Waals surface area contributed by atoms with Crippen molar-refractivity contribution in [1.82, 2.24) is 0 Å². The Morgan fingerprint density at radius 1 is 1.23 bits per heavy atom. The Kier molecular flexibility index (Phi) is 4.03. The Morgan fingerprint density at radius 2 is 1.96 bits per heavy atom. The van der Waals surface area contributed by atoms with Gasteiger partial charge in [0.2, 0.25) is 5.91 Å². The maximum Gasteiger partial charge on any atom is 0.341 e. The molecule has 2 bridgehead atoms. The minimum Gasteiger partial charge on any atom is -0.465 e. The fourth-order valence-electron chi connectivity index (χ4n) is 5.39. The molecule has 1 aromatic rings. The summed E-state index contributed by atoms with van der Waals surface area (Å²) in [6.45, 7) is 4.08. The van der Waals surface area contributed by atoms with Gasteiger partial charge in [-0.3, -0.25) is 9.59 Å². The van der Waals surface area contributed by atoms with Gasteiger partial charge < -0.3 is 10.1 Å². The highest BCUT2D eigenvalue weighted by Crippen LogP contribution is 2.64. The number of esters is 1. The SMILES string of the molecule is COC(=O)c1c(NC(=O)C23CCC(CC2=O)C3(C)C)sc2c1CCCC2. The summed E-state index contributed by atoms with van der Waals surface area (Å²) in [5, 5.41) is 3.54. The summed E-state index contributed by atoms with van der Waals surface area (Å²) in [5.41, 5.74) is 0.211. The number of fused-ring (bicyclic) bond motifs is 3. The molecule has 0 saturated heterocycles. The minimum atomic E-state index is -0.963. The third kappa shape index (κ3) is 2.17. The maximum atomic E-state index is 13.3. The normalized spacial score (nSPS) is 28.7. The van der Waals surface area contributed by atoms with Crippen molar-refractivity contribution in [3.8, 4) is 0 Å². The zero-order valence-corrected chi connectivity index (χ0v) is 16.4. The van der Waals surface area contributed by atoms with Gasteiger partial charge in [0.1, 0.15) is 16.2 Å². The fraction of sp³-hybridized carbons (Fsp3) is 0.650. The molecule has 2 atom stereocenters. The molecular formula is C20H25NO4S. The molecule has 3 aliphatic carbocycles. The minimum absolute atomic E-state index is 0.0530. The number of anilines is 1. The van der Waals surface area contributed by atoms with Crippen LogP contribution in [0.3, 0.4) is 0 Å². The van der Waals surface area contributed by atoms with Gasteiger partial charge in [-0.15, -0.1) is 11.3 Å². The average Bonchev–Trinajstić information content (AvgIpc) is 3.16. The number of methoxy groups -OCH3 is 1. The number of thiophene rings is 1. The largest absolute Gasteiger partial charge is 0.465 e. The average molecular weight is 375 g/mol. The third-order valence-electron chi connectivity index (χ3n) is 7.07. The van der Waals surface area contributed by atoms with E-state index < -0.39 is 11.4 Å². The first-order valence-electron chi connectivity index (χ1n) is 9.40. The van der Waals surface area contributed by atoms with Gasteiger partial charge in [-0.1, -0.05) is 13.8 Å². The zero-order chi connectivity index (χ0) is 18.7. The molecule has 2 unspecified atom stereocenters. The van der Waals surface area contributed by atoms with Crippen LogP contribution in [0.25, 0.3) is 0 Å². The van der Waals surface area contributed by atoms with E-state index in [2.05, 4.69) is 5.32 Å². The first kappa shape index (κ1) is 17.7. The lowest BCUT2D eigenvalue weighted by molar-refractivity contribution is -0.141. The van der Waals surface area contributed by atoms with Crippen LogP contribution in [0.4, 0.5) is 5.00 Å². The van der Waals surface area contributed by atoms with Crippen molar-refractivity contribution in [3.05, 3.63) is 16.0 Å². The monoisotopic (exact) mass is 375 g/mol. The van der Waals surface area contributed by atoms with E-state index in [-0.39, 0.29) is 23.0 Å². The van der Waals surface area contributed by atoms with Crippen LogP contribution in [0.1, 0.15) is 66.8 Å². The number of rotatable bonds is 3. The number of ketones is 1. The lowest BCUT2D eigenvalue weighted by Crippen LogP contribution is -2.46. The Labute approximate surface area is 157 Å².